The molecule has 0 saturated heterocycles. The molecule has 0 aliphatic heterocycles. The van der Waals surface area contributed by atoms with Crippen LogP contribution in [0.25, 0.3) is 0 Å². The van der Waals surface area contributed by atoms with E-state index in [2.05, 4.69) is 5.32 Å². The van der Waals surface area contributed by atoms with Crippen molar-refractivity contribution in [2.75, 3.05) is 18.9 Å². The summed E-state index contributed by atoms with van der Waals surface area (Å²) in [6, 6.07) is 4.97. The van der Waals surface area contributed by atoms with E-state index < -0.39 is 17.8 Å². The second kappa shape index (κ2) is 7.09. The minimum absolute atomic E-state index is 0.0286. The Morgan fingerprint density at radius 3 is 2.75 bits per heavy atom. The molecule has 6 nitrogen and oxygen atoms in total. The molecule has 0 aliphatic carbocycles. The number of carboxylic acid groups (broad SMARTS) is 1. The smallest absolute Gasteiger partial charge is 0.321 e. The van der Waals surface area contributed by atoms with Crippen LogP contribution >= 0.6 is 0 Å². The van der Waals surface area contributed by atoms with Crippen molar-refractivity contribution in [1.29, 1.82) is 5.26 Å². The van der Waals surface area contributed by atoms with E-state index in [1.165, 1.54) is 24.1 Å². The Bertz CT molecular complexity index is 554. The summed E-state index contributed by atoms with van der Waals surface area (Å²) in [4.78, 5) is 23.3. The Kier molecular flexibility index (Phi) is 5.47. The molecule has 7 heteroatoms. The number of hydrogen-bond donors (Lipinski definition) is 2. The number of carbonyl (C=O) groups excluding carboxylic acids is 1. The molecule has 106 valence electrons. The predicted molar refractivity (Wildman–Crippen MR) is 69.6 cm³/mol. The first kappa shape index (κ1) is 15.4. The molecule has 0 fully saturated rings. The Hall–Kier alpha value is -2.62. The summed E-state index contributed by atoms with van der Waals surface area (Å²) < 4.78 is 13.6. The largest absolute Gasteiger partial charge is 0.481 e. The molecule has 0 aromatic heterocycles. The van der Waals surface area contributed by atoms with Gasteiger partial charge in [-0.25, -0.2) is 9.18 Å². The van der Waals surface area contributed by atoms with E-state index in [4.69, 9.17) is 10.4 Å². The normalized spacial score (nSPS) is 9.65. The summed E-state index contributed by atoms with van der Waals surface area (Å²) in [5.74, 6) is -1.63. The molecule has 0 spiro atoms. The Balaban J connectivity index is 2.57. The summed E-state index contributed by atoms with van der Waals surface area (Å²) in [6.45, 7) is 0.246. The molecule has 0 saturated carbocycles. The quantitative estimate of drug-likeness (QED) is 0.862. The summed E-state index contributed by atoms with van der Waals surface area (Å²) >= 11 is 0. The van der Waals surface area contributed by atoms with Crippen LogP contribution in [0.15, 0.2) is 18.2 Å². The maximum absolute atomic E-state index is 13.6. The first-order valence-electron chi connectivity index (χ1n) is 5.87. The summed E-state index contributed by atoms with van der Waals surface area (Å²) in [5, 5.41) is 19.5. The van der Waals surface area contributed by atoms with Crippen LogP contribution < -0.4 is 5.32 Å². The number of amides is 2. The third-order valence-electron chi connectivity index (χ3n) is 2.57. The highest BCUT2D eigenvalue weighted by Crippen LogP contribution is 2.15. The second-order valence-electron chi connectivity index (χ2n) is 4.16. The van der Waals surface area contributed by atoms with Gasteiger partial charge in [-0.15, -0.1) is 0 Å². The van der Waals surface area contributed by atoms with Crippen molar-refractivity contribution < 1.29 is 19.1 Å². The molecule has 0 radical (unpaired) electrons. The topological polar surface area (TPSA) is 93.4 Å². The van der Waals surface area contributed by atoms with Crippen LogP contribution in [0.1, 0.15) is 18.4 Å². The molecule has 1 rings (SSSR count). The number of urea groups is 1. The van der Waals surface area contributed by atoms with Crippen LogP contribution in [0.4, 0.5) is 14.9 Å². The monoisotopic (exact) mass is 279 g/mol. The van der Waals surface area contributed by atoms with E-state index >= 15 is 0 Å². The fourth-order valence-corrected chi connectivity index (χ4v) is 1.47. The molecule has 2 N–H and O–H groups in total. The number of carbonyl (C=O) groups is 2. The first-order chi connectivity index (χ1) is 9.43. The van der Waals surface area contributed by atoms with E-state index in [0.717, 1.165) is 6.07 Å². The average molecular weight is 279 g/mol. The van der Waals surface area contributed by atoms with Crippen LogP contribution in [0.5, 0.6) is 0 Å². The van der Waals surface area contributed by atoms with E-state index in [-0.39, 0.29) is 24.2 Å². The minimum atomic E-state index is -0.933. The number of aliphatic carboxylic acids is 1. The van der Waals surface area contributed by atoms with E-state index in [9.17, 15) is 14.0 Å². The highest BCUT2D eigenvalue weighted by molar-refractivity contribution is 5.89. The van der Waals surface area contributed by atoms with Gasteiger partial charge in [0.1, 0.15) is 5.82 Å². The van der Waals surface area contributed by atoms with Crippen LogP contribution in [-0.2, 0) is 4.79 Å². The third-order valence-corrected chi connectivity index (χ3v) is 2.57. The molecule has 2 amide bonds. The number of halogens is 1. The number of nitrogens with zero attached hydrogens (tertiary/aromatic N) is 2. The number of benzene rings is 1. The summed E-state index contributed by atoms with van der Waals surface area (Å²) in [7, 11) is 1.48. The lowest BCUT2D eigenvalue weighted by molar-refractivity contribution is -0.137. The second-order valence-corrected chi connectivity index (χ2v) is 4.16. The highest BCUT2D eigenvalue weighted by atomic mass is 19.1. The third kappa shape index (κ3) is 4.57. The van der Waals surface area contributed by atoms with Gasteiger partial charge in [0.2, 0.25) is 0 Å². The van der Waals surface area contributed by atoms with Crippen molar-refractivity contribution >= 4 is 17.7 Å². The molecule has 1 aromatic rings. The van der Waals surface area contributed by atoms with Gasteiger partial charge < -0.3 is 15.3 Å². The van der Waals surface area contributed by atoms with Gasteiger partial charge in [-0.3, -0.25) is 4.79 Å². The Morgan fingerprint density at radius 1 is 1.50 bits per heavy atom. The van der Waals surface area contributed by atoms with Crippen LogP contribution in [0.2, 0.25) is 0 Å². The molecule has 0 heterocycles. The van der Waals surface area contributed by atoms with Gasteiger partial charge in [-0.2, -0.15) is 5.26 Å². The SMILES string of the molecule is CN(CCCC(=O)O)C(=O)Nc1ccc(C#N)cc1F. The Morgan fingerprint density at radius 2 is 2.20 bits per heavy atom. The summed E-state index contributed by atoms with van der Waals surface area (Å²) in [6.07, 6.45) is 0.276. The minimum Gasteiger partial charge on any atom is -0.481 e. The van der Waals surface area contributed by atoms with Gasteiger partial charge in [0.05, 0.1) is 17.3 Å². The van der Waals surface area contributed by atoms with E-state index in [0.29, 0.717) is 6.42 Å². The van der Waals surface area contributed by atoms with Gasteiger partial charge in [0.25, 0.3) is 0 Å². The molecule has 0 bridgehead atoms. The lowest BCUT2D eigenvalue weighted by atomic mass is 10.2. The van der Waals surface area contributed by atoms with Crippen LogP contribution in [0, 0.1) is 17.1 Å². The zero-order chi connectivity index (χ0) is 15.1. The number of anilines is 1. The average Bonchev–Trinajstić information content (AvgIpc) is 2.40. The Labute approximate surface area is 115 Å². The standard InChI is InChI=1S/C13H14FN3O3/c1-17(6-2-3-12(18)19)13(20)16-11-5-4-9(8-15)7-10(11)14/h4-5,7H,2-3,6H2,1H3,(H,16,20)(H,18,19). The number of nitrogens with one attached hydrogen (secondary N) is 1. The number of hydrogen-bond acceptors (Lipinski definition) is 3. The van der Waals surface area contributed by atoms with Gasteiger partial charge in [0.15, 0.2) is 0 Å². The van der Waals surface area contributed by atoms with Crippen LogP contribution in [0.3, 0.4) is 0 Å². The van der Waals surface area contributed by atoms with Crippen molar-refractivity contribution in [3.63, 3.8) is 0 Å². The molecular weight excluding hydrogens is 265 g/mol. The fraction of sp³-hybridized carbons (Fsp3) is 0.308. The lowest BCUT2D eigenvalue weighted by Crippen LogP contribution is -2.32. The maximum atomic E-state index is 13.6. The predicted octanol–water partition coefficient (Wildman–Crippen LogP) is 2.03. The molecule has 0 atom stereocenters. The lowest BCUT2D eigenvalue weighted by Gasteiger charge is -2.17. The van der Waals surface area contributed by atoms with Crippen molar-refractivity contribution in [3.05, 3.63) is 29.6 Å². The first-order valence-corrected chi connectivity index (χ1v) is 5.87. The summed E-state index contributed by atoms with van der Waals surface area (Å²) in [5.41, 5.74) is 0.134. The zero-order valence-corrected chi connectivity index (χ0v) is 10.9. The van der Waals surface area contributed by atoms with Crippen molar-refractivity contribution in [2.45, 2.75) is 12.8 Å². The van der Waals surface area contributed by atoms with Gasteiger partial charge in [-0.1, -0.05) is 0 Å². The zero-order valence-electron chi connectivity index (χ0n) is 10.9. The molecular formula is C13H14FN3O3. The van der Waals surface area contributed by atoms with Gasteiger partial charge in [0, 0.05) is 20.0 Å². The number of nitriles is 1. The van der Waals surface area contributed by atoms with Crippen molar-refractivity contribution in [3.8, 4) is 6.07 Å². The molecule has 0 unspecified atom stereocenters. The fourth-order valence-electron chi connectivity index (χ4n) is 1.47. The van der Waals surface area contributed by atoms with E-state index in [1.807, 2.05) is 0 Å². The molecule has 20 heavy (non-hydrogen) atoms. The van der Waals surface area contributed by atoms with Crippen molar-refractivity contribution in [2.24, 2.45) is 0 Å². The maximum Gasteiger partial charge on any atom is 0.321 e. The van der Waals surface area contributed by atoms with Gasteiger partial charge in [-0.05, 0) is 24.6 Å². The van der Waals surface area contributed by atoms with Crippen molar-refractivity contribution in [1.82, 2.24) is 4.90 Å². The number of carboxylic acids is 1. The van der Waals surface area contributed by atoms with E-state index in [1.54, 1.807) is 6.07 Å². The molecule has 1 aromatic carbocycles. The number of rotatable bonds is 5. The van der Waals surface area contributed by atoms with Gasteiger partial charge >= 0.3 is 12.0 Å². The molecule has 0 aliphatic rings. The highest BCUT2D eigenvalue weighted by Gasteiger charge is 2.12. The van der Waals surface area contributed by atoms with Crippen LogP contribution in [-0.4, -0.2) is 35.6 Å².